The summed E-state index contributed by atoms with van der Waals surface area (Å²) < 4.78 is 5.80. The summed E-state index contributed by atoms with van der Waals surface area (Å²) >= 11 is 0. The number of aliphatic hydroxyl groups excluding tert-OH is 1. The molecule has 0 amide bonds. The second-order valence-electron chi connectivity index (χ2n) is 6.64. The van der Waals surface area contributed by atoms with Crippen molar-refractivity contribution in [3.8, 4) is 11.6 Å². The lowest BCUT2D eigenvalue weighted by molar-refractivity contribution is -0.145. The van der Waals surface area contributed by atoms with Crippen molar-refractivity contribution in [2.24, 2.45) is 11.3 Å². The first kappa shape index (κ1) is 13.0. The molecule has 0 spiro atoms. The zero-order valence-corrected chi connectivity index (χ0v) is 12.2. The van der Waals surface area contributed by atoms with Crippen molar-refractivity contribution in [1.29, 1.82) is 0 Å². The number of tetrazole rings is 1. The Hall–Kier alpha value is -1.73. The predicted octanol–water partition coefficient (Wildman–Crippen LogP) is 1.05. The maximum Gasteiger partial charge on any atom is 0.239 e. The molecule has 1 aliphatic heterocycles. The monoisotopic (exact) mass is 289 g/mol. The van der Waals surface area contributed by atoms with Gasteiger partial charge in [0.1, 0.15) is 5.76 Å². The molecule has 2 aromatic rings. The number of likely N-dealkylation sites (tertiary alicyclic amines) is 1. The van der Waals surface area contributed by atoms with Gasteiger partial charge < -0.3 is 9.52 Å². The van der Waals surface area contributed by atoms with E-state index >= 15 is 0 Å². The molecular weight excluding hydrogens is 270 g/mol. The summed E-state index contributed by atoms with van der Waals surface area (Å²) in [7, 11) is 0. The van der Waals surface area contributed by atoms with Crippen LogP contribution in [0, 0.1) is 11.3 Å². The minimum Gasteiger partial charge on any atom is -0.456 e. The lowest BCUT2D eigenvalue weighted by atomic mass is 9.58. The van der Waals surface area contributed by atoms with Crippen LogP contribution >= 0.6 is 0 Å². The van der Waals surface area contributed by atoms with Gasteiger partial charge in [-0.1, -0.05) is 13.8 Å². The topological polar surface area (TPSA) is 91.1 Å². The number of nitrogens with zero attached hydrogens (tertiary/aromatic N) is 4. The van der Waals surface area contributed by atoms with Gasteiger partial charge in [-0.3, -0.25) is 4.90 Å². The minimum atomic E-state index is -0.181. The molecule has 21 heavy (non-hydrogen) atoms. The fraction of sp³-hybridized carbons (Fsp3) is 0.643. The van der Waals surface area contributed by atoms with Crippen LogP contribution in [0.25, 0.3) is 11.6 Å². The molecule has 2 aromatic heterocycles. The van der Waals surface area contributed by atoms with Crippen LogP contribution in [0.15, 0.2) is 16.5 Å². The Labute approximate surface area is 122 Å². The summed E-state index contributed by atoms with van der Waals surface area (Å²) in [6.45, 7) is 6.05. The van der Waals surface area contributed by atoms with Crippen molar-refractivity contribution in [2.75, 3.05) is 6.54 Å². The highest BCUT2D eigenvalue weighted by atomic mass is 16.3. The number of nitrogens with one attached hydrogen (secondary N) is 1. The van der Waals surface area contributed by atoms with Crippen LogP contribution in [0.5, 0.6) is 0 Å². The van der Waals surface area contributed by atoms with Gasteiger partial charge in [0, 0.05) is 17.4 Å². The summed E-state index contributed by atoms with van der Waals surface area (Å²) in [6, 6.07) is 4.27. The van der Waals surface area contributed by atoms with Crippen LogP contribution in [-0.2, 0) is 6.54 Å². The highest BCUT2D eigenvalue weighted by Crippen LogP contribution is 2.53. The highest BCUT2D eigenvalue weighted by Gasteiger charge is 2.60. The first-order chi connectivity index (χ1) is 10.1. The number of furan rings is 1. The number of rotatable bonds is 3. The van der Waals surface area contributed by atoms with E-state index in [9.17, 15) is 5.11 Å². The average Bonchev–Trinajstić information content (AvgIpc) is 3.17. The number of hydrogen-bond donors (Lipinski definition) is 2. The fourth-order valence-corrected chi connectivity index (χ4v) is 4.07. The summed E-state index contributed by atoms with van der Waals surface area (Å²) in [5, 5.41) is 24.0. The average molecular weight is 289 g/mol. The van der Waals surface area contributed by atoms with Crippen LogP contribution in [-0.4, -0.2) is 49.3 Å². The van der Waals surface area contributed by atoms with Gasteiger partial charge in [0.2, 0.25) is 5.82 Å². The number of H-pyrrole nitrogens is 1. The third-order valence-electron chi connectivity index (χ3n) is 5.07. The second-order valence-corrected chi connectivity index (χ2v) is 6.64. The molecule has 7 nitrogen and oxygen atoms in total. The molecule has 1 saturated heterocycles. The van der Waals surface area contributed by atoms with Crippen LogP contribution < -0.4 is 0 Å². The summed E-state index contributed by atoms with van der Waals surface area (Å²) in [5.41, 5.74) is -0.0374. The van der Waals surface area contributed by atoms with Crippen molar-refractivity contribution in [3.05, 3.63) is 17.9 Å². The zero-order chi connectivity index (χ0) is 14.6. The van der Waals surface area contributed by atoms with Gasteiger partial charge in [-0.05, 0) is 30.3 Å². The molecule has 112 valence electrons. The van der Waals surface area contributed by atoms with Crippen LogP contribution in [0.3, 0.4) is 0 Å². The van der Waals surface area contributed by atoms with E-state index in [2.05, 4.69) is 39.4 Å². The van der Waals surface area contributed by atoms with Crippen molar-refractivity contribution >= 4 is 0 Å². The van der Waals surface area contributed by atoms with Crippen LogP contribution in [0.2, 0.25) is 0 Å². The molecule has 0 unspecified atom stereocenters. The van der Waals surface area contributed by atoms with E-state index in [1.807, 2.05) is 12.1 Å². The highest BCUT2D eigenvalue weighted by molar-refractivity contribution is 5.45. The Morgan fingerprint density at radius 2 is 2.33 bits per heavy atom. The molecular formula is C14H19N5O2. The molecule has 7 heteroatoms. The Morgan fingerprint density at radius 3 is 3.10 bits per heavy atom. The van der Waals surface area contributed by atoms with E-state index in [1.165, 1.54) is 0 Å². The Morgan fingerprint density at radius 1 is 1.48 bits per heavy atom. The lowest BCUT2D eigenvalue weighted by Crippen LogP contribution is -2.63. The Balaban J connectivity index is 1.50. The molecule has 1 aliphatic carbocycles. The molecule has 3 atom stereocenters. The second kappa shape index (κ2) is 4.38. The quantitative estimate of drug-likeness (QED) is 0.877. The fourth-order valence-electron chi connectivity index (χ4n) is 4.07. The van der Waals surface area contributed by atoms with Crippen LogP contribution in [0.4, 0.5) is 0 Å². The predicted molar refractivity (Wildman–Crippen MR) is 74.0 cm³/mol. The standard InChI is InChI=1S/C14H19N5O2/c1-14(2)11-9(12(14)20)5-6-19(11)7-8-3-4-10(21-8)13-15-17-18-16-13/h3-4,9,11-12,20H,5-7H2,1-2H3,(H,15,16,17,18)/t9-,11+,12-/m0/s1. The third kappa shape index (κ3) is 1.84. The van der Waals surface area contributed by atoms with Gasteiger partial charge in [0.15, 0.2) is 5.76 Å². The lowest BCUT2D eigenvalue weighted by Gasteiger charge is -2.55. The zero-order valence-electron chi connectivity index (χ0n) is 12.2. The van der Waals surface area contributed by atoms with Gasteiger partial charge in [0.05, 0.1) is 12.6 Å². The van der Waals surface area contributed by atoms with E-state index in [0.29, 0.717) is 23.5 Å². The summed E-state index contributed by atoms with van der Waals surface area (Å²) in [4.78, 5) is 2.41. The molecule has 0 bridgehead atoms. The Bertz CT molecular complexity index is 636. The summed E-state index contributed by atoms with van der Waals surface area (Å²) in [6.07, 6.45) is 0.882. The van der Waals surface area contributed by atoms with Gasteiger partial charge in [-0.2, -0.15) is 5.21 Å². The number of fused-ring (bicyclic) bond motifs is 1. The first-order valence-corrected chi connectivity index (χ1v) is 7.32. The maximum atomic E-state index is 10.2. The SMILES string of the molecule is CC1(C)[C@@H](O)[C@H]2CCN(Cc3ccc(-c4nn[nH]n4)o3)[C@H]21. The van der Waals surface area contributed by atoms with Gasteiger partial charge in [0.25, 0.3) is 0 Å². The van der Waals surface area contributed by atoms with E-state index in [1.54, 1.807) is 0 Å². The molecule has 1 saturated carbocycles. The number of aromatic amines is 1. The number of aromatic nitrogens is 4. The number of hydrogen-bond acceptors (Lipinski definition) is 6. The third-order valence-corrected chi connectivity index (χ3v) is 5.07. The molecule has 4 rings (SSSR count). The first-order valence-electron chi connectivity index (χ1n) is 7.32. The maximum absolute atomic E-state index is 10.2. The Kier molecular flexibility index (Phi) is 2.71. The van der Waals surface area contributed by atoms with Gasteiger partial charge >= 0.3 is 0 Å². The minimum absolute atomic E-state index is 0.0374. The molecule has 2 N–H and O–H groups in total. The smallest absolute Gasteiger partial charge is 0.239 e. The van der Waals surface area contributed by atoms with E-state index in [-0.39, 0.29) is 11.5 Å². The van der Waals surface area contributed by atoms with E-state index in [4.69, 9.17) is 4.42 Å². The molecule has 3 heterocycles. The van der Waals surface area contributed by atoms with E-state index in [0.717, 1.165) is 25.3 Å². The molecule has 2 fully saturated rings. The van der Waals surface area contributed by atoms with Crippen molar-refractivity contribution < 1.29 is 9.52 Å². The van der Waals surface area contributed by atoms with Gasteiger partial charge in [-0.15, -0.1) is 10.2 Å². The van der Waals surface area contributed by atoms with Gasteiger partial charge in [-0.25, -0.2) is 0 Å². The van der Waals surface area contributed by atoms with Crippen molar-refractivity contribution in [3.63, 3.8) is 0 Å². The van der Waals surface area contributed by atoms with Crippen molar-refractivity contribution in [2.45, 2.75) is 39.0 Å². The summed E-state index contributed by atoms with van der Waals surface area (Å²) in [5.74, 6) is 2.40. The van der Waals surface area contributed by atoms with Crippen LogP contribution in [0.1, 0.15) is 26.0 Å². The number of aliphatic hydroxyl groups is 1. The largest absolute Gasteiger partial charge is 0.456 e. The normalized spacial score (nSPS) is 31.1. The molecule has 2 aliphatic rings. The molecule has 0 aromatic carbocycles. The van der Waals surface area contributed by atoms with E-state index < -0.39 is 0 Å². The molecule has 0 radical (unpaired) electrons. The van der Waals surface area contributed by atoms with Crippen molar-refractivity contribution in [1.82, 2.24) is 25.5 Å².